The van der Waals surface area contributed by atoms with Gasteiger partial charge in [-0.15, -0.1) is 0 Å². The lowest BCUT2D eigenvalue weighted by Crippen LogP contribution is -2.43. The Morgan fingerprint density at radius 3 is 2.62 bits per heavy atom. The van der Waals surface area contributed by atoms with Gasteiger partial charge in [-0.3, -0.25) is 19.9 Å². The van der Waals surface area contributed by atoms with Crippen LogP contribution in [0.1, 0.15) is 53.7 Å². The molecule has 2 saturated heterocycles. The molecule has 3 aliphatic heterocycles. The number of halogens is 2. The molecule has 3 aliphatic rings. The number of nitrogens with one attached hydrogen (secondary N) is 2. The molecular weight excluding hydrogens is 488 g/mol. The van der Waals surface area contributed by atoms with Crippen molar-refractivity contribution in [3.8, 4) is 5.75 Å². The Morgan fingerprint density at radius 2 is 1.95 bits per heavy atom. The molecule has 5 rings (SSSR count). The number of amides is 3. The van der Waals surface area contributed by atoms with Crippen molar-refractivity contribution in [2.24, 2.45) is 0 Å². The first-order valence-electron chi connectivity index (χ1n) is 12.3. The van der Waals surface area contributed by atoms with Crippen LogP contribution < -0.4 is 15.5 Å². The number of fused-ring (bicyclic) bond motifs is 1. The van der Waals surface area contributed by atoms with Crippen LogP contribution in [0.25, 0.3) is 0 Å². The van der Waals surface area contributed by atoms with E-state index >= 15 is 4.39 Å². The Hall–Kier alpha value is -3.80. The van der Waals surface area contributed by atoms with Crippen LogP contribution in [0.5, 0.6) is 5.75 Å². The molecule has 0 aliphatic carbocycles. The normalized spacial score (nSPS) is 20.2. The number of anilines is 1. The third-order valence-electron chi connectivity index (χ3n) is 6.89. The molecule has 10 nitrogen and oxygen atoms in total. The zero-order valence-corrected chi connectivity index (χ0v) is 20.3. The predicted molar refractivity (Wildman–Crippen MR) is 127 cm³/mol. The topological polar surface area (TPSA) is 113 Å². The second-order valence-electron chi connectivity index (χ2n) is 9.25. The molecule has 1 atom stereocenters. The second kappa shape index (κ2) is 10.3. The number of aromatic nitrogens is 1. The third kappa shape index (κ3) is 5.06. The van der Waals surface area contributed by atoms with Gasteiger partial charge in [0.1, 0.15) is 23.7 Å². The highest BCUT2D eigenvalue weighted by Crippen LogP contribution is 2.36. The molecule has 2 aromatic rings. The van der Waals surface area contributed by atoms with Crippen LogP contribution in [0.4, 0.5) is 19.3 Å². The van der Waals surface area contributed by atoms with Gasteiger partial charge in [-0.2, -0.15) is 4.39 Å². The Labute approximate surface area is 211 Å². The smallest absolute Gasteiger partial charge is 0.428 e. The highest BCUT2D eigenvalue weighted by Gasteiger charge is 2.31. The van der Waals surface area contributed by atoms with E-state index in [2.05, 4.69) is 20.6 Å². The lowest BCUT2D eigenvalue weighted by Gasteiger charge is -2.33. The van der Waals surface area contributed by atoms with Crippen LogP contribution in [0.15, 0.2) is 24.3 Å². The monoisotopic (exact) mass is 515 g/mol. The molecule has 1 unspecified atom stereocenters. The quantitative estimate of drug-likeness (QED) is 0.569. The van der Waals surface area contributed by atoms with E-state index in [0.717, 1.165) is 5.01 Å². The maximum atomic E-state index is 15.1. The van der Waals surface area contributed by atoms with Gasteiger partial charge >= 0.3 is 6.09 Å². The Kier molecular flexibility index (Phi) is 6.92. The van der Waals surface area contributed by atoms with Gasteiger partial charge in [0.05, 0.1) is 6.54 Å². The first kappa shape index (κ1) is 24.9. The number of hydrogen-bond acceptors (Lipinski definition) is 7. The Bertz CT molecular complexity index is 1230. The molecule has 1 aromatic carbocycles. The number of ether oxygens (including phenoxy) is 2. The lowest BCUT2D eigenvalue weighted by molar-refractivity contribution is -0.123. The highest BCUT2D eigenvalue weighted by molar-refractivity contribution is 5.98. The average Bonchev–Trinajstić information content (AvgIpc) is 3.30. The van der Waals surface area contributed by atoms with Crippen LogP contribution >= 0.6 is 0 Å². The molecule has 12 heteroatoms. The summed E-state index contributed by atoms with van der Waals surface area (Å²) in [7, 11) is 0. The summed E-state index contributed by atoms with van der Waals surface area (Å²) in [4.78, 5) is 41.8. The number of carbonyl (C=O) groups excluding carboxylic acids is 3. The van der Waals surface area contributed by atoms with E-state index in [-0.39, 0.29) is 36.4 Å². The van der Waals surface area contributed by atoms with Crippen molar-refractivity contribution in [3.05, 3.63) is 52.9 Å². The molecule has 3 amide bonds. The maximum absolute atomic E-state index is 15.1. The van der Waals surface area contributed by atoms with Gasteiger partial charge in [-0.25, -0.2) is 19.2 Å². The molecule has 1 aromatic heterocycles. The molecule has 0 saturated carbocycles. The van der Waals surface area contributed by atoms with Crippen LogP contribution in [-0.2, 0) is 16.1 Å². The molecule has 37 heavy (non-hydrogen) atoms. The number of piperidine rings is 1. The summed E-state index contributed by atoms with van der Waals surface area (Å²) in [6, 6.07) is 6.33. The maximum Gasteiger partial charge on any atom is 0.428 e. The first-order valence-corrected chi connectivity index (χ1v) is 12.3. The van der Waals surface area contributed by atoms with E-state index < -0.39 is 29.9 Å². The second-order valence-corrected chi connectivity index (χ2v) is 9.25. The van der Waals surface area contributed by atoms with Crippen LogP contribution in [0.2, 0.25) is 0 Å². The van der Waals surface area contributed by atoms with Gasteiger partial charge < -0.3 is 14.8 Å². The zero-order chi connectivity index (χ0) is 26.1. The number of cyclic esters (lactones) is 1. The van der Waals surface area contributed by atoms with E-state index in [1.165, 1.54) is 6.07 Å². The van der Waals surface area contributed by atoms with E-state index in [0.29, 0.717) is 55.8 Å². The van der Waals surface area contributed by atoms with Gasteiger partial charge in [-0.1, -0.05) is 19.1 Å². The highest BCUT2D eigenvalue weighted by atomic mass is 19.1. The summed E-state index contributed by atoms with van der Waals surface area (Å²) < 4.78 is 40.3. The minimum Gasteiger partial charge on any atom is -0.478 e. The van der Waals surface area contributed by atoms with E-state index in [1.54, 1.807) is 18.2 Å². The predicted octanol–water partition coefficient (Wildman–Crippen LogP) is 2.95. The minimum atomic E-state index is -0.725. The van der Waals surface area contributed by atoms with Gasteiger partial charge in [0, 0.05) is 17.7 Å². The summed E-state index contributed by atoms with van der Waals surface area (Å²) >= 11 is 0. The molecule has 2 fully saturated rings. The molecular formula is C25H27F2N5O5. The van der Waals surface area contributed by atoms with Crippen LogP contribution in [0.3, 0.4) is 0 Å². The first-order chi connectivity index (χ1) is 17.8. The number of rotatable bonds is 6. The Balaban J connectivity index is 1.19. The average molecular weight is 516 g/mol. The van der Waals surface area contributed by atoms with Crippen LogP contribution in [0, 0.1) is 11.8 Å². The van der Waals surface area contributed by atoms with Crippen molar-refractivity contribution in [2.75, 3.05) is 31.6 Å². The van der Waals surface area contributed by atoms with E-state index in [1.807, 2.05) is 6.92 Å². The van der Waals surface area contributed by atoms with Crippen LogP contribution in [-0.4, -0.2) is 65.1 Å². The summed E-state index contributed by atoms with van der Waals surface area (Å²) in [5.74, 6) is -2.05. The van der Waals surface area contributed by atoms with Crippen molar-refractivity contribution < 1.29 is 32.6 Å². The van der Waals surface area contributed by atoms with Gasteiger partial charge in [0.25, 0.3) is 11.8 Å². The fourth-order valence-electron chi connectivity index (χ4n) is 4.81. The fraction of sp³-hybridized carbons (Fsp3) is 0.440. The van der Waals surface area contributed by atoms with E-state index in [9.17, 15) is 18.8 Å². The van der Waals surface area contributed by atoms with Gasteiger partial charge in [0.15, 0.2) is 11.9 Å². The van der Waals surface area contributed by atoms with Gasteiger partial charge in [0.2, 0.25) is 5.95 Å². The lowest BCUT2D eigenvalue weighted by atomic mass is 9.90. The largest absolute Gasteiger partial charge is 0.478 e. The molecule has 0 bridgehead atoms. The minimum absolute atomic E-state index is 0.0704. The van der Waals surface area contributed by atoms with Crippen molar-refractivity contribution in [2.45, 2.75) is 44.8 Å². The third-order valence-corrected chi connectivity index (χ3v) is 6.89. The molecule has 2 N–H and O–H groups in total. The van der Waals surface area contributed by atoms with Crippen molar-refractivity contribution in [1.82, 2.24) is 20.3 Å². The standard InChI is InChI=1S/C25H27F2N5O5/c1-2-18-24(34)29-21-19(37-18)6-3-15(20(21)26)13-31-9-7-14(8-10-31)16-4-5-17(28-22(16)27)23(33)30-32-11-12-36-25(32)35/h3-6,14,18H,2,7-13H2,1H3,(H,29,34)(H,30,33). The van der Waals surface area contributed by atoms with Crippen molar-refractivity contribution >= 4 is 23.6 Å². The Morgan fingerprint density at radius 1 is 1.16 bits per heavy atom. The molecule has 4 heterocycles. The molecule has 196 valence electrons. The molecule has 0 spiro atoms. The zero-order valence-electron chi connectivity index (χ0n) is 20.3. The number of nitrogens with zero attached hydrogens (tertiary/aromatic N) is 3. The van der Waals surface area contributed by atoms with E-state index in [4.69, 9.17) is 9.47 Å². The SMILES string of the molecule is CCC1Oc2ccc(CN3CCC(c4ccc(C(=O)NN5CCOC5=O)nc4F)CC3)c(F)c2NC1=O. The number of likely N-dealkylation sites (tertiary alicyclic amines) is 1. The van der Waals surface area contributed by atoms with Gasteiger partial charge in [-0.05, 0) is 50.4 Å². The summed E-state index contributed by atoms with van der Waals surface area (Å²) in [6.07, 6.45) is 0.461. The van der Waals surface area contributed by atoms with Crippen molar-refractivity contribution in [3.63, 3.8) is 0 Å². The number of pyridine rings is 1. The number of hydrogen-bond donors (Lipinski definition) is 2. The number of carbonyl (C=O) groups is 3. The summed E-state index contributed by atoms with van der Waals surface area (Å²) in [6.45, 7) is 3.77. The number of hydrazine groups is 1. The van der Waals surface area contributed by atoms with Crippen molar-refractivity contribution in [1.29, 1.82) is 0 Å². The summed E-state index contributed by atoms with van der Waals surface area (Å²) in [5, 5.41) is 3.63. The number of benzene rings is 1. The summed E-state index contributed by atoms with van der Waals surface area (Å²) in [5.41, 5.74) is 3.15. The molecule has 0 radical (unpaired) electrons. The fourth-order valence-corrected chi connectivity index (χ4v) is 4.81.